The number of carbonyl (C=O) groups is 1. The zero-order chi connectivity index (χ0) is 13.4. The summed E-state index contributed by atoms with van der Waals surface area (Å²) in [5.74, 6) is -1.77. The van der Waals surface area contributed by atoms with Gasteiger partial charge in [-0.1, -0.05) is 19.8 Å². The van der Waals surface area contributed by atoms with Gasteiger partial charge in [-0.3, -0.25) is 4.79 Å². The van der Waals surface area contributed by atoms with E-state index in [0.717, 1.165) is 37.9 Å². The molecule has 1 amide bonds. The van der Waals surface area contributed by atoms with Crippen molar-refractivity contribution in [3.05, 3.63) is 29.8 Å². The molecular weight excluding hydrogens is 238 g/mol. The van der Waals surface area contributed by atoms with E-state index in [4.69, 9.17) is 0 Å². The van der Waals surface area contributed by atoms with Crippen LogP contribution in [0.2, 0.25) is 0 Å². The molecule has 1 aromatic rings. The predicted octanol–water partition coefficient (Wildman–Crippen LogP) is 2.68. The summed E-state index contributed by atoms with van der Waals surface area (Å²) in [6, 6.07) is 3.05. The summed E-state index contributed by atoms with van der Waals surface area (Å²) in [5, 5.41) is 5.35. The molecule has 0 heterocycles. The Labute approximate surface area is 106 Å². The molecule has 0 radical (unpaired) electrons. The fraction of sp³-hybridized carbons (Fsp3) is 0.462. The average Bonchev–Trinajstić information content (AvgIpc) is 2.32. The minimum Gasteiger partial charge on any atom is -0.322 e. The maximum Gasteiger partial charge on any atom is 0.238 e. The van der Waals surface area contributed by atoms with Gasteiger partial charge in [0.05, 0.1) is 12.2 Å². The molecule has 0 aliphatic heterocycles. The first-order valence-electron chi connectivity index (χ1n) is 6.09. The van der Waals surface area contributed by atoms with Crippen molar-refractivity contribution in [3.63, 3.8) is 0 Å². The smallest absolute Gasteiger partial charge is 0.238 e. The van der Waals surface area contributed by atoms with E-state index in [2.05, 4.69) is 17.6 Å². The van der Waals surface area contributed by atoms with Crippen molar-refractivity contribution < 1.29 is 13.6 Å². The van der Waals surface area contributed by atoms with E-state index in [0.29, 0.717) is 0 Å². The second kappa shape index (κ2) is 7.76. The second-order valence-electron chi connectivity index (χ2n) is 4.06. The van der Waals surface area contributed by atoms with Crippen molar-refractivity contribution in [2.45, 2.75) is 26.2 Å². The predicted molar refractivity (Wildman–Crippen MR) is 67.4 cm³/mol. The minimum atomic E-state index is -0.769. The third-order valence-electron chi connectivity index (χ3n) is 2.45. The number of nitrogens with one attached hydrogen (secondary N) is 2. The van der Waals surface area contributed by atoms with Crippen LogP contribution in [0.3, 0.4) is 0 Å². The van der Waals surface area contributed by atoms with Crippen LogP contribution in [-0.2, 0) is 4.79 Å². The molecular formula is C13H18F2N2O. The third kappa shape index (κ3) is 5.23. The molecule has 0 saturated carbocycles. The van der Waals surface area contributed by atoms with Gasteiger partial charge < -0.3 is 10.6 Å². The Balaban J connectivity index is 2.31. The summed E-state index contributed by atoms with van der Waals surface area (Å²) in [6.07, 6.45) is 3.24. The fourth-order valence-corrected chi connectivity index (χ4v) is 1.49. The zero-order valence-corrected chi connectivity index (χ0v) is 10.4. The van der Waals surface area contributed by atoms with Crippen molar-refractivity contribution in [3.8, 4) is 0 Å². The lowest BCUT2D eigenvalue weighted by molar-refractivity contribution is -0.115. The summed E-state index contributed by atoms with van der Waals surface area (Å²) < 4.78 is 25.9. The maximum atomic E-state index is 13.2. The lowest BCUT2D eigenvalue weighted by Crippen LogP contribution is -2.29. The highest BCUT2D eigenvalue weighted by Gasteiger charge is 2.07. The highest BCUT2D eigenvalue weighted by atomic mass is 19.1. The average molecular weight is 256 g/mol. The second-order valence-corrected chi connectivity index (χ2v) is 4.06. The third-order valence-corrected chi connectivity index (χ3v) is 2.45. The van der Waals surface area contributed by atoms with Gasteiger partial charge in [-0.2, -0.15) is 0 Å². The van der Waals surface area contributed by atoms with Crippen LogP contribution >= 0.6 is 0 Å². The first-order chi connectivity index (χ1) is 8.63. The van der Waals surface area contributed by atoms with Crippen LogP contribution < -0.4 is 10.6 Å². The maximum absolute atomic E-state index is 13.2. The van der Waals surface area contributed by atoms with Gasteiger partial charge in [0.2, 0.25) is 5.91 Å². The molecule has 0 unspecified atom stereocenters. The fourth-order valence-electron chi connectivity index (χ4n) is 1.49. The van der Waals surface area contributed by atoms with E-state index < -0.39 is 11.6 Å². The lowest BCUT2D eigenvalue weighted by atomic mass is 10.2. The van der Waals surface area contributed by atoms with Gasteiger partial charge in [0.15, 0.2) is 0 Å². The molecule has 5 heteroatoms. The van der Waals surface area contributed by atoms with E-state index in [1.54, 1.807) is 0 Å². The van der Waals surface area contributed by atoms with Crippen LogP contribution in [0.1, 0.15) is 26.2 Å². The quantitative estimate of drug-likeness (QED) is 0.736. The van der Waals surface area contributed by atoms with E-state index in [-0.39, 0.29) is 18.1 Å². The van der Waals surface area contributed by atoms with Crippen molar-refractivity contribution in [1.82, 2.24) is 5.32 Å². The SMILES string of the molecule is CCCCCNCC(=O)Nc1ccc(F)cc1F. The summed E-state index contributed by atoms with van der Waals surface area (Å²) >= 11 is 0. The highest BCUT2D eigenvalue weighted by molar-refractivity contribution is 5.92. The zero-order valence-electron chi connectivity index (χ0n) is 10.4. The van der Waals surface area contributed by atoms with Crippen molar-refractivity contribution in [2.75, 3.05) is 18.4 Å². The topological polar surface area (TPSA) is 41.1 Å². The normalized spacial score (nSPS) is 10.4. The Morgan fingerprint density at radius 3 is 2.72 bits per heavy atom. The molecule has 18 heavy (non-hydrogen) atoms. The number of hydrogen-bond donors (Lipinski definition) is 2. The van der Waals surface area contributed by atoms with Crippen LogP contribution in [-0.4, -0.2) is 19.0 Å². The first kappa shape index (κ1) is 14.6. The summed E-state index contributed by atoms with van der Waals surface area (Å²) in [6.45, 7) is 2.98. The molecule has 1 rings (SSSR count). The van der Waals surface area contributed by atoms with E-state index in [9.17, 15) is 13.6 Å². The number of halogens is 2. The van der Waals surface area contributed by atoms with Crippen LogP contribution in [0, 0.1) is 11.6 Å². The van der Waals surface area contributed by atoms with Gasteiger partial charge in [-0.25, -0.2) is 8.78 Å². The van der Waals surface area contributed by atoms with Crippen molar-refractivity contribution >= 4 is 11.6 Å². The van der Waals surface area contributed by atoms with Gasteiger partial charge >= 0.3 is 0 Å². The Morgan fingerprint density at radius 2 is 2.06 bits per heavy atom. The number of rotatable bonds is 7. The molecule has 0 atom stereocenters. The van der Waals surface area contributed by atoms with Crippen molar-refractivity contribution in [2.24, 2.45) is 0 Å². The number of carbonyl (C=O) groups excluding carboxylic acids is 1. The Hall–Kier alpha value is -1.49. The Morgan fingerprint density at radius 1 is 1.28 bits per heavy atom. The summed E-state index contributed by atoms with van der Waals surface area (Å²) in [4.78, 5) is 11.4. The lowest BCUT2D eigenvalue weighted by Gasteiger charge is -2.07. The molecule has 0 saturated heterocycles. The Kier molecular flexibility index (Phi) is 6.28. The molecule has 0 aliphatic rings. The molecule has 0 aliphatic carbocycles. The standard InChI is InChI=1S/C13H18F2N2O/c1-2-3-4-7-16-9-13(18)17-12-6-5-10(14)8-11(12)15/h5-6,8,16H,2-4,7,9H2,1H3,(H,17,18). The summed E-state index contributed by atoms with van der Waals surface area (Å²) in [7, 11) is 0. The molecule has 1 aromatic carbocycles. The molecule has 2 N–H and O–H groups in total. The van der Waals surface area contributed by atoms with E-state index in [1.165, 1.54) is 6.07 Å². The number of unbranched alkanes of at least 4 members (excludes halogenated alkanes) is 2. The van der Waals surface area contributed by atoms with Crippen molar-refractivity contribution in [1.29, 1.82) is 0 Å². The van der Waals surface area contributed by atoms with E-state index >= 15 is 0 Å². The molecule has 0 spiro atoms. The number of amides is 1. The molecule has 3 nitrogen and oxygen atoms in total. The van der Waals surface area contributed by atoms with Crippen LogP contribution in [0.25, 0.3) is 0 Å². The van der Waals surface area contributed by atoms with Gasteiger partial charge in [0.1, 0.15) is 11.6 Å². The molecule has 100 valence electrons. The van der Waals surface area contributed by atoms with Crippen LogP contribution in [0.5, 0.6) is 0 Å². The molecule has 0 aromatic heterocycles. The molecule has 0 bridgehead atoms. The largest absolute Gasteiger partial charge is 0.322 e. The summed E-state index contributed by atoms with van der Waals surface area (Å²) in [5.41, 5.74) is -0.00300. The number of hydrogen-bond acceptors (Lipinski definition) is 2. The van der Waals surface area contributed by atoms with Gasteiger partial charge in [-0.15, -0.1) is 0 Å². The van der Waals surface area contributed by atoms with Gasteiger partial charge in [0, 0.05) is 6.07 Å². The highest BCUT2D eigenvalue weighted by Crippen LogP contribution is 2.14. The first-order valence-corrected chi connectivity index (χ1v) is 6.09. The van der Waals surface area contributed by atoms with E-state index in [1.807, 2.05) is 0 Å². The van der Waals surface area contributed by atoms with Gasteiger partial charge in [0.25, 0.3) is 0 Å². The minimum absolute atomic E-state index is 0.00300. The number of anilines is 1. The molecule has 0 fully saturated rings. The van der Waals surface area contributed by atoms with Gasteiger partial charge in [-0.05, 0) is 25.1 Å². The van der Waals surface area contributed by atoms with Crippen LogP contribution in [0.15, 0.2) is 18.2 Å². The Bertz CT molecular complexity index is 397. The monoisotopic (exact) mass is 256 g/mol. The van der Waals surface area contributed by atoms with Crippen LogP contribution in [0.4, 0.5) is 14.5 Å². The number of benzene rings is 1.